The molecule has 0 aromatic heterocycles. The van der Waals surface area contributed by atoms with Crippen molar-refractivity contribution in [2.45, 2.75) is 25.7 Å². The topological polar surface area (TPSA) is 30.9 Å². The van der Waals surface area contributed by atoms with Crippen LogP contribution in [-0.2, 0) is 6.42 Å². The molecule has 0 N–H and O–H groups in total. The highest BCUT2D eigenvalue weighted by Crippen LogP contribution is 2.41. The van der Waals surface area contributed by atoms with Crippen LogP contribution in [0.5, 0.6) is 23.0 Å². The molecule has 1 saturated heterocycles. The second-order valence-corrected chi connectivity index (χ2v) is 9.17. The Morgan fingerprint density at radius 3 is 2.17 bits per heavy atom. The number of rotatable bonds is 9. The SMILES string of the molecule is COc1ccc(-c2ccc3cc(OC)ccc3c2Oc2ccc(CC/C=C/N3CCCC3)cc2)cc1. The van der Waals surface area contributed by atoms with Crippen LogP contribution in [0.4, 0.5) is 0 Å². The van der Waals surface area contributed by atoms with Gasteiger partial charge in [0.05, 0.1) is 14.2 Å². The molecule has 0 aliphatic carbocycles. The summed E-state index contributed by atoms with van der Waals surface area (Å²) in [5, 5.41) is 2.11. The molecule has 4 nitrogen and oxygen atoms in total. The maximum Gasteiger partial charge on any atom is 0.143 e. The zero-order valence-electron chi connectivity index (χ0n) is 21.1. The predicted octanol–water partition coefficient (Wildman–Crippen LogP) is 7.86. The molecule has 1 aliphatic heterocycles. The Kier molecular flexibility index (Phi) is 7.41. The molecule has 184 valence electrons. The molecule has 1 fully saturated rings. The van der Waals surface area contributed by atoms with E-state index in [1.54, 1.807) is 14.2 Å². The van der Waals surface area contributed by atoms with E-state index in [1.165, 1.54) is 31.5 Å². The molecule has 1 heterocycles. The number of benzene rings is 4. The molecule has 0 amide bonds. The van der Waals surface area contributed by atoms with Crippen molar-refractivity contribution >= 4 is 10.8 Å². The molecule has 0 radical (unpaired) electrons. The Morgan fingerprint density at radius 1 is 0.750 bits per heavy atom. The lowest BCUT2D eigenvalue weighted by molar-refractivity contribution is 0.415. The third-order valence-corrected chi connectivity index (χ3v) is 6.78. The standard InChI is InChI=1S/C32H33NO3/c1-34-27-15-10-25(11-16-27)30-18-12-26-23-29(35-2)17-19-31(26)32(30)36-28-13-8-24(9-14-28)7-3-4-20-33-21-5-6-22-33/h4,8-20,23H,3,5-7,21-22H2,1-2H3/b20-4+. The van der Waals surface area contributed by atoms with E-state index >= 15 is 0 Å². The first kappa shape index (κ1) is 23.8. The van der Waals surface area contributed by atoms with Crippen molar-refractivity contribution in [2.75, 3.05) is 27.3 Å². The summed E-state index contributed by atoms with van der Waals surface area (Å²) in [6.45, 7) is 2.39. The Labute approximate surface area is 213 Å². The van der Waals surface area contributed by atoms with E-state index in [2.05, 4.69) is 71.8 Å². The molecule has 4 heteroatoms. The molecule has 36 heavy (non-hydrogen) atoms. The largest absolute Gasteiger partial charge is 0.497 e. The normalized spacial score (nSPS) is 13.4. The number of hydrogen-bond acceptors (Lipinski definition) is 4. The van der Waals surface area contributed by atoms with Crippen molar-refractivity contribution < 1.29 is 14.2 Å². The first-order valence-electron chi connectivity index (χ1n) is 12.7. The molecule has 4 aromatic rings. The van der Waals surface area contributed by atoms with Crippen LogP contribution in [0.25, 0.3) is 21.9 Å². The van der Waals surface area contributed by atoms with Gasteiger partial charge in [0, 0.05) is 24.0 Å². The second-order valence-electron chi connectivity index (χ2n) is 9.17. The summed E-state index contributed by atoms with van der Waals surface area (Å²) in [6, 6.07) is 26.9. The van der Waals surface area contributed by atoms with Crippen LogP contribution < -0.4 is 14.2 Å². The molecule has 1 aliphatic rings. The number of aryl methyl sites for hydroxylation is 1. The van der Waals surface area contributed by atoms with Gasteiger partial charge in [-0.2, -0.15) is 0 Å². The number of ether oxygens (including phenoxy) is 3. The van der Waals surface area contributed by atoms with Crippen molar-refractivity contribution in [3.8, 4) is 34.1 Å². The van der Waals surface area contributed by atoms with Crippen molar-refractivity contribution in [1.82, 2.24) is 4.90 Å². The molecule has 5 rings (SSSR count). The average Bonchev–Trinajstić information content (AvgIpc) is 3.45. The van der Waals surface area contributed by atoms with Crippen LogP contribution in [0.15, 0.2) is 91.1 Å². The van der Waals surface area contributed by atoms with Gasteiger partial charge in [0.1, 0.15) is 23.0 Å². The smallest absolute Gasteiger partial charge is 0.143 e. The van der Waals surface area contributed by atoms with Gasteiger partial charge in [-0.05, 0) is 96.9 Å². The Balaban J connectivity index is 1.39. The summed E-state index contributed by atoms with van der Waals surface area (Å²) in [5.41, 5.74) is 3.42. The number of fused-ring (bicyclic) bond motifs is 1. The zero-order chi connectivity index (χ0) is 24.7. The van der Waals surface area contributed by atoms with Gasteiger partial charge in [0.25, 0.3) is 0 Å². The molecule has 0 unspecified atom stereocenters. The van der Waals surface area contributed by atoms with E-state index in [-0.39, 0.29) is 0 Å². The minimum absolute atomic E-state index is 0.824. The van der Waals surface area contributed by atoms with E-state index in [0.717, 1.165) is 57.7 Å². The van der Waals surface area contributed by atoms with Crippen LogP contribution >= 0.6 is 0 Å². The number of nitrogens with zero attached hydrogens (tertiary/aromatic N) is 1. The quantitative estimate of drug-likeness (QED) is 0.244. The Bertz CT molecular complexity index is 1320. The lowest BCUT2D eigenvalue weighted by Crippen LogP contribution is -2.10. The van der Waals surface area contributed by atoms with E-state index in [0.29, 0.717) is 0 Å². The van der Waals surface area contributed by atoms with Crippen LogP contribution in [-0.4, -0.2) is 32.2 Å². The van der Waals surface area contributed by atoms with Crippen molar-refractivity contribution in [2.24, 2.45) is 0 Å². The molecule has 0 spiro atoms. The lowest BCUT2D eigenvalue weighted by atomic mass is 9.99. The highest BCUT2D eigenvalue weighted by molar-refractivity contribution is 5.96. The van der Waals surface area contributed by atoms with E-state index in [1.807, 2.05) is 24.3 Å². The molecular formula is C32H33NO3. The summed E-state index contributed by atoms with van der Waals surface area (Å²) in [4.78, 5) is 2.41. The van der Waals surface area contributed by atoms with E-state index in [4.69, 9.17) is 14.2 Å². The van der Waals surface area contributed by atoms with Crippen molar-refractivity contribution in [3.63, 3.8) is 0 Å². The van der Waals surface area contributed by atoms with E-state index < -0.39 is 0 Å². The molecule has 0 saturated carbocycles. The second kappa shape index (κ2) is 11.2. The zero-order valence-corrected chi connectivity index (χ0v) is 21.1. The fraction of sp³-hybridized carbons (Fsp3) is 0.250. The van der Waals surface area contributed by atoms with Gasteiger partial charge < -0.3 is 19.1 Å². The third-order valence-electron chi connectivity index (χ3n) is 6.78. The maximum atomic E-state index is 6.56. The van der Waals surface area contributed by atoms with Gasteiger partial charge >= 0.3 is 0 Å². The van der Waals surface area contributed by atoms with Gasteiger partial charge in [0.2, 0.25) is 0 Å². The summed E-state index contributed by atoms with van der Waals surface area (Å²) in [6.07, 6.45) is 9.26. The third kappa shape index (κ3) is 5.49. The van der Waals surface area contributed by atoms with Gasteiger partial charge in [-0.15, -0.1) is 0 Å². The molecule has 4 aromatic carbocycles. The lowest BCUT2D eigenvalue weighted by Gasteiger charge is -2.16. The average molecular weight is 480 g/mol. The van der Waals surface area contributed by atoms with Gasteiger partial charge in [-0.3, -0.25) is 0 Å². The summed E-state index contributed by atoms with van der Waals surface area (Å²) >= 11 is 0. The highest BCUT2D eigenvalue weighted by Gasteiger charge is 2.14. The van der Waals surface area contributed by atoms with Gasteiger partial charge in [-0.1, -0.05) is 36.4 Å². The first-order valence-corrected chi connectivity index (χ1v) is 12.7. The number of likely N-dealkylation sites (tertiary alicyclic amines) is 1. The Hall–Kier alpha value is -3.92. The minimum Gasteiger partial charge on any atom is -0.497 e. The van der Waals surface area contributed by atoms with Crippen LogP contribution in [0.2, 0.25) is 0 Å². The minimum atomic E-state index is 0.824. The number of methoxy groups -OCH3 is 2. The highest BCUT2D eigenvalue weighted by atomic mass is 16.5. The van der Waals surface area contributed by atoms with Gasteiger partial charge in [0.15, 0.2) is 0 Å². The fourth-order valence-corrected chi connectivity index (χ4v) is 4.72. The molecule has 0 bridgehead atoms. The van der Waals surface area contributed by atoms with Crippen LogP contribution in [0.3, 0.4) is 0 Å². The number of allylic oxidation sites excluding steroid dienone is 1. The van der Waals surface area contributed by atoms with Crippen LogP contribution in [0.1, 0.15) is 24.8 Å². The van der Waals surface area contributed by atoms with Gasteiger partial charge in [-0.25, -0.2) is 0 Å². The van der Waals surface area contributed by atoms with Crippen molar-refractivity contribution in [3.05, 3.63) is 96.7 Å². The number of hydrogen-bond donors (Lipinski definition) is 0. The summed E-state index contributed by atoms with van der Waals surface area (Å²) < 4.78 is 17.4. The summed E-state index contributed by atoms with van der Waals surface area (Å²) in [7, 11) is 3.37. The van der Waals surface area contributed by atoms with E-state index in [9.17, 15) is 0 Å². The van der Waals surface area contributed by atoms with Crippen LogP contribution in [0, 0.1) is 0 Å². The van der Waals surface area contributed by atoms with Crippen molar-refractivity contribution in [1.29, 1.82) is 0 Å². The summed E-state index contributed by atoms with van der Waals surface area (Å²) in [5.74, 6) is 3.32. The first-order chi connectivity index (χ1) is 17.7. The molecular weight excluding hydrogens is 446 g/mol. The maximum absolute atomic E-state index is 6.56. The predicted molar refractivity (Wildman–Crippen MR) is 147 cm³/mol. The monoisotopic (exact) mass is 479 g/mol. The fourth-order valence-electron chi connectivity index (χ4n) is 4.72. The molecule has 0 atom stereocenters. The Morgan fingerprint density at radius 2 is 1.44 bits per heavy atom.